The minimum atomic E-state index is -2.80. The zero-order chi connectivity index (χ0) is 50.6. The van der Waals surface area contributed by atoms with E-state index in [1.165, 1.54) is 69.6 Å². The van der Waals surface area contributed by atoms with Crippen LogP contribution in [-0.4, -0.2) is 21.8 Å². The summed E-state index contributed by atoms with van der Waals surface area (Å²) in [5.41, 5.74) is 14.5. The standard InChI is InChI=1S/C72H47N3OSi/c1-4-21-52(22-5-1)77(53-23-6-2-7-24-53,54-25-8-3-9-26-54)55-27-18-20-49(45-55)73-66-35-16-12-30-59(66)62-46-50(39-42-68(62)73)75-67-41-38-48(56-32-19-37-71-72(56)60-31-13-17-36-70(60)76-71)44-61(67)63-47-51(40-43-69(63)75)74-64-33-14-10-28-57(64)58-29-11-15-34-65(58)74/h1-47H. The first-order valence-corrected chi connectivity index (χ1v) is 28.5. The quantitative estimate of drug-likeness (QED) is 0.110. The van der Waals surface area contributed by atoms with Crippen molar-refractivity contribution in [2.45, 2.75) is 0 Å². The molecule has 0 unspecified atom stereocenters. The van der Waals surface area contributed by atoms with Crippen LogP contribution in [0.25, 0.3) is 116 Å². The smallest absolute Gasteiger partial charge is 0.179 e. The Morgan fingerprint density at radius 1 is 0.247 bits per heavy atom. The zero-order valence-electron chi connectivity index (χ0n) is 41.9. The van der Waals surface area contributed by atoms with E-state index in [1.807, 2.05) is 6.07 Å². The van der Waals surface area contributed by atoms with Crippen LogP contribution in [0.2, 0.25) is 0 Å². The molecule has 16 aromatic rings. The summed E-state index contributed by atoms with van der Waals surface area (Å²) >= 11 is 0. The van der Waals surface area contributed by atoms with E-state index in [4.69, 9.17) is 4.42 Å². The lowest BCUT2D eigenvalue weighted by atomic mass is 9.98. The van der Waals surface area contributed by atoms with Crippen LogP contribution >= 0.6 is 0 Å². The zero-order valence-corrected chi connectivity index (χ0v) is 42.9. The van der Waals surface area contributed by atoms with Gasteiger partial charge in [0.15, 0.2) is 8.07 Å². The molecule has 4 nitrogen and oxygen atoms in total. The molecule has 0 saturated heterocycles. The molecule has 0 saturated carbocycles. The monoisotopic (exact) mass is 997 g/mol. The number of aromatic nitrogens is 3. The molecule has 12 aromatic carbocycles. The molecule has 0 aliphatic heterocycles. The maximum absolute atomic E-state index is 6.43. The largest absolute Gasteiger partial charge is 0.456 e. The van der Waals surface area contributed by atoms with Crippen LogP contribution in [0.3, 0.4) is 0 Å². The number of rotatable bonds is 8. The molecule has 0 atom stereocenters. The average molecular weight is 998 g/mol. The fraction of sp³-hybridized carbons (Fsp3) is 0. The predicted molar refractivity (Wildman–Crippen MR) is 326 cm³/mol. The normalized spacial score (nSPS) is 12.2. The van der Waals surface area contributed by atoms with Crippen molar-refractivity contribution in [1.29, 1.82) is 0 Å². The molecule has 0 radical (unpaired) electrons. The van der Waals surface area contributed by atoms with E-state index < -0.39 is 8.07 Å². The van der Waals surface area contributed by atoms with Crippen molar-refractivity contribution in [2.24, 2.45) is 0 Å². The highest BCUT2D eigenvalue weighted by Crippen LogP contribution is 2.43. The Morgan fingerprint density at radius 3 is 1.19 bits per heavy atom. The van der Waals surface area contributed by atoms with Crippen molar-refractivity contribution < 1.29 is 4.42 Å². The third kappa shape index (κ3) is 6.45. The second-order valence-corrected chi connectivity index (χ2v) is 24.2. The summed E-state index contributed by atoms with van der Waals surface area (Å²) in [4.78, 5) is 0. The van der Waals surface area contributed by atoms with Crippen LogP contribution in [0.4, 0.5) is 0 Å². The van der Waals surface area contributed by atoms with E-state index in [1.54, 1.807) is 0 Å². The first-order valence-electron chi connectivity index (χ1n) is 26.5. The lowest BCUT2D eigenvalue weighted by Gasteiger charge is -2.34. The Bertz CT molecular complexity index is 4840. The molecule has 5 heteroatoms. The SMILES string of the molecule is c1ccc([Si](c2ccccc2)(c2ccccc2)c2cccc(-n3c4ccccc4c4cc(-n5c6ccc(-c7cccc8oc9ccccc9c78)cc6c6cc(-n7c8ccccc8c8ccccc87)ccc65)ccc43)c2)cc1. The minimum Gasteiger partial charge on any atom is -0.456 e. The molecule has 0 aliphatic rings. The summed E-state index contributed by atoms with van der Waals surface area (Å²) in [7, 11) is -2.80. The van der Waals surface area contributed by atoms with Gasteiger partial charge in [-0.2, -0.15) is 0 Å². The molecule has 0 fully saturated rings. The third-order valence-corrected chi connectivity index (χ3v) is 21.1. The Hall–Kier alpha value is -9.94. The van der Waals surface area contributed by atoms with Crippen molar-refractivity contribution in [1.82, 2.24) is 13.7 Å². The highest BCUT2D eigenvalue weighted by atomic mass is 28.3. The number of para-hydroxylation sites is 4. The maximum atomic E-state index is 6.43. The molecule has 16 rings (SSSR count). The second-order valence-electron chi connectivity index (χ2n) is 20.4. The van der Waals surface area contributed by atoms with Crippen molar-refractivity contribution in [3.63, 3.8) is 0 Å². The van der Waals surface area contributed by atoms with E-state index in [-0.39, 0.29) is 0 Å². The Labute approximate surface area is 445 Å². The summed E-state index contributed by atoms with van der Waals surface area (Å²) in [5, 5.41) is 14.9. The Balaban J connectivity index is 0.921. The van der Waals surface area contributed by atoms with E-state index in [2.05, 4.69) is 293 Å². The summed E-state index contributed by atoms with van der Waals surface area (Å²) in [6.45, 7) is 0. The van der Waals surface area contributed by atoms with E-state index in [9.17, 15) is 0 Å². The molecule has 0 bridgehead atoms. The highest BCUT2D eigenvalue weighted by molar-refractivity contribution is 7.19. The van der Waals surface area contributed by atoms with E-state index in [0.29, 0.717) is 0 Å². The molecular weight excluding hydrogens is 951 g/mol. The molecule has 0 N–H and O–H groups in total. The summed E-state index contributed by atoms with van der Waals surface area (Å²) in [6, 6.07) is 105. The van der Waals surface area contributed by atoms with Crippen molar-refractivity contribution >= 4 is 116 Å². The van der Waals surface area contributed by atoms with Gasteiger partial charge in [0.2, 0.25) is 0 Å². The van der Waals surface area contributed by atoms with Crippen molar-refractivity contribution in [2.75, 3.05) is 0 Å². The van der Waals surface area contributed by atoms with Crippen LogP contribution in [0, 0.1) is 0 Å². The fourth-order valence-corrected chi connectivity index (χ4v) is 17.9. The van der Waals surface area contributed by atoms with Gasteiger partial charge in [-0.25, -0.2) is 0 Å². The summed E-state index contributed by atoms with van der Waals surface area (Å²) < 4.78 is 13.8. The van der Waals surface area contributed by atoms with Crippen LogP contribution in [0.15, 0.2) is 290 Å². The molecule has 4 aromatic heterocycles. The number of fused-ring (bicyclic) bond motifs is 12. The average Bonchev–Trinajstić information content (AvgIpc) is 4.33. The van der Waals surface area contributed by atoms with Crippen molar-refractivity contribution in [3.05, 3.63) is 285 Å². The molecule has 360 valence electrons. The predicted octanol–water partition coefficient (Wildman–Crippen LogP) is 15.9. The van der Waals surface area contributed by atoms with Gasteiger partial charge in [0.25, 0.3) is 0 Å². The number of furan rings is 1. The number of hydrogen-bond acceptors (Lipinski definition) is 1. The van der Waals surface area contributed by atoms with Gasteiger partial charge in [-0.1, -0.05) is 194 Å². The molecule has 0 spiro atoms. The molecule has 77 heavy (non-hydrogen) atoms. The summed E-state index contributed by atoms with van der Waals surface area (Å²) in [6.07, 6.45) is 0. The van der Waals surface area contributed by atoms with Crippen molar-refractivity contribution in [3.8, 4) is 28.2 Å². The Morgan fingerprint density at radius 2 is 0.636 bits per heavy atom. The van der Waals surface area contributed by atoms with Gasteiger partial charge in [0.05, 0.1) is 33.1 Å². The lowest BCUT2D eigenvalue weighted by molar-refractivity contribution is 0.669. The van der Waals surface area contributed by atoms with E-state index >= 15 is 0 Å². The second kappa shape index (κ2) is 17.0. The van der Waals surface area contributed by atoms with Crippen LogP contribution in [0.1, 0.15) is 0 Å². The van der Waals surface area contributed by atoms with Gasteiger partial charge in [0.1, 0.15) is 11.2 Å². The van der Waals surface area contributed by atoms with Gasteiger partial charge in [-0.3, -0.25) is 0 Å². The van der Waals surface area contributed by atoms with Gasteiger partial charge < -0.3 is 18.1 Å². The maximum Gasteiger partial charge on any atom is 0.179 e. The fourth-order valence-electron chi connectivity index (χ4n) is 13.1. The van der Waals surface area contributed by atoms with Gasteiger partial charge in [-0.15, -0.1) is 0 Å². The molecular formula is C72H47N3OSi. The molecule has 0 aliphatic carbocycles. The van der Waals surface area contributed by atoms with Gasteiger partial charge in [-0.05, 0) is 123 Å². The third-order valence-electron chi connectivity index (χ3n) is 16.4. The summed E-state index contributed by atoms with van der Waals surface area (Å²) in [5.74, 6) is 0. The van der Waals surface area contributed by atoms with Gasteiger partial charge in [0, 0.05) is 60.2 Å². The van der Waals surface area contributed by atoms with Gasteiger partial charge >= 0.3 is 0 Å². The topological polar surface area (TPSA) is 27.9 Å². The first-order chi connectivity index (χ1) is 38.2. The van der Waals surface area contributed by atoms with Crippen LogP contribution < -0.4 is 20.7 Å². The van der Waals surface area contributed by atoms with Crippen LogP contribution in [0.5, 0.6) is 0 Å². The van der Waals surface area contributed by atoms with E-state index in [0.717, 1.165) is 66.7 Å². The molecule has 4 heterocycles. The Kier molecular flexibility index (Phi) is 9.62. The number of benzene rings is 12. The number of hydrogen-bond donors (Lipinski definition) is 0. The minimum absolute atomic E-state index is 0.893. The lowest BCUT2D eigenvalue weighted by Crippen LogP contribution is -2.74. The first kappa shape index (κ1) is 43.5. The number of nitrogens with zero attached hydrogens (tertiary/aromatic N) is 3. The van der Waals surface area contributed by atoms with Crippen LogP contribution in [-0.2, 0) is 0 Å². The highest BCUT2D eigenvalue weighted by Gasteiger charge is 2.41. The molecule has 0 amide bonds.